The van der Waals surface area contributed by atoms with Gasteiger partial charge >= 0.3 is 0 Å². The molecule has 138 valence electrons. The Balaban J connectivity index is 1.74. The third-order valence-corrected chi connectivity index (χ3v) is 4.10. The Hall–Kier alpha value is -3.02. The maximum atomic E-state index is 11.9. The number of rotatable bonds is 7. The normalized spacial score (nSPS) is 10.3. The minimum absolute atomic E-state index is 0.0775. The van der Waals surface area contributed by atoms with Crippen molar-refractivity contribution in [1.82, 2.24) is 10.6 Å². The molecule has 0 aromatic heterocycles. The van der Waals surface area contributed by atoms with Crippen LogP contribution in [0.25, 0.3) is 0 Å². The maximum Gasteiger partial charge on any atom is 0.258 e. The van der Waals surface area contributed by atoms with Crippen LogP contribution in [0.2, 0.25) is 0 Å². The van der Waals surface area contributed by atoms with E-state index in [9.17, 15) is 14.7 Å². The Morgan fingerprint density at radius 2 is 1.62 bits per heavy atom. The maximum absolute atomic E-state index is 11.9. The molecule has 26 heavy (non-hydrogen) atoms. The van der Waals surface area contributed by atoms with Crippen molar-refractivity contribution >= 4 is 11.8 Å². The van der Waals surface area contributed by atoms with Gasteiger partial charge in [0.05, 0.1) is 5.56 Å². The zero-order valence-corrected chi connectivity index (χ0v) is 15.3. The first-order chi connectivity index (χ1) is 12.4. The Morgan fingerprint density at radius 1 is 0.962 bits per heavy atom. The number of ether oxygens (including phenoxy) is 1. The van der Waals surface area contributed by atoms with Crippen LogP contribution >= 0.6 is 0 Å². The Morgan fingerprint density at radius 3 is 2.35 bits per heavy atom. The molecular weight excluding hydrogens is 332 g/mol. The highest BCUT2D eigenvalue weighted by Crippen LogP contribution is 2.25. The van der Waals surface area contributed by atoms with Crippen molar-refractivity contribution < 1.29 is 19.4 Å². The first-order valence-corrected chi connectivity index (χ1v) is 8.42. The number of carbonyl (C=O) groups is 2. The molecule has 0 fully saturated rings. The second kappa shape index (κ2) is 8.89. The van der Waals surface area contributed by atoms with Crippen LogP contribution in [0.15, 0.2) is 36.4 Å². The summed E-state index contributed by atoms with van der Waals surface area (Å²) in [6, 6.07) is 10.3. The molecule has 0 spiro atoms. The molecule has 0 aliphatic rings. The molecule has 0 unspecified atom stereocenters. The van der Waals surface area contributed by atoms with E-state index in [-0.39, 0.29) is 42.8 Å². The quantitative estimate of drug-likeness (QED) is 0.664. The lowest BCUT2D eigenvalue weighted by molar-refractivity contribution is -0.123. The highest BCUT2D eigenvalue weighted by atomic mass is 16.5. The summed E-state index contributed by atoms with van der Waals surface area (Å²) in [7, 11) is 0. The summed E-state index contributed by atoms with van der Waals surface area (Å²) in [6.45, 7) is 6.33. The van der Waals surface area contributed by atoms with Gasteiger partial charge in [-0.2, -0.15) is 0 Å². The Bertz CT molecular complexity index is 802. The van der Waals surface area contributed by atoms with Gasteiger partial charge in [-0.25, -0.2) is 0 Å². The van der Waals surface area contributed by atoms with Gasteiger partial charge in [0.25, 0.3) is 11.8 Å². The summed E-state index contributed by atoms with van der Waals surface area (Å²) in [5.74, 6) is 0.000980. The number of hydrogen-bond donors (Lipinski definition) is 3. The fourth-order valence-corrected chi connectivity index (χ4v) is 2.48. The summed E-state index contributed by atoms with van der Waals surface area (Å²) in [5, 5.41) is 14.9. The van der Waals surface area contributed by atoms with Gasteiger partial charge in [-0.15, -0.1) is 0 Å². The lowest BCUT2D eigenvalue weighted by Crippen LogP contribution is -2.36. The molecule has 2 aromatic carbocycles. The van der Waals surface area contributed by atoms with Gasteiger partial charge in [0.1, 0.15) is 11.5 Å². The number of benzene rings is 2. The van der Waals surface area contributed by atoms with Gasteiger partial charge in [0, 0.05) is 13.1 Å². The zero-order valence-electron chi connectivity index (χ0n) is 15.3. The number of para-hydroxylation sites is 1. The van der Waals surface area contributed by atoms with E-state index in [2.05, 4.69) is 10.6 Å². The molecule has 2 rings (SSSR count). The van der Waals surface area contributed by atoms with Gasteiger partial charge < -0.3 is 20.5 Å². The van der Waals surface area contributed by atoms with E-state index in [1.54, 1.807) is 12.1 Å². The van der Waals surface area contributed by atoms with Crippen LogP contribution in [0, 0.1) is 20.8 Å². The number of phenols is 1. The second-order valence-corrected chi connectivity index (χ2v) is 6.07. The van der Waals surface area contributed by atoms with E-state index in [4.69, 9.17) is 4.74 Å². The van der Waals surface area contributed by atoms with E-state index >= 15 is 0 Å². The van der Waals surface area contributed by atoms with Crippen LogP contribution < -0.4 is 15.4 Å². The SMILES string of the molecule is Cc1ccc(C)c(OCC(=O)NCCNC(=O)c2ccccc2O)c1C. The molecule has 2 aromatic rings. The molecule has 2 amide bonds. The van der Waals surface area contributed by atoms with E-state index in [1.165, 1.54) is 12.1 Å². The number of carbonyl (C=O) groups excluding carboxylic acids is 2. The van der Waals surface area contributed by atoms with Crippen LogP contribution in [-0.4, -0.2) is 36.6 Å². The number of nitrogens with one attached hydrogen (secondary N) is 2. The minimum atomic E-state index is -0.389. The fourth-order valence-electron chi connectivity index (χ4n) is 2.48. The number of hydrogen-bond acceptors (Lipinski definition) is 4. The summed E-state index contributed by atoms with van der Waals surface area (Å²) in [4.78, 5) is 23.8. The summed E-state index contributed by atoms with van der Waals surface area (Å²) >= 11 is 0. The summed E-state index contributed by atoms with van der Waals surface area (Å²) in [5.41, 5.74) is 3.31. The third-order valence-electron chi connectivity index (χ3n) is 4.10. The standard InChI is InChI=1S/C20H24N2O4/c1-13-8-9-14(2)19(15(13)3)26-12-18(24)21-10-11-22-20(25)16-6-4-5-7-17(16)23/h4-9,23H,10-12H2,1-3H3,(H,21,24)(H,22,25). The third kappa shape index (κ3) is 4.99. The van der Waals surface area contributed by atoms with E-state index in [0.717, 1.165) is 22.4 Å². The molecule has 6 nitrogen and oxygen atoms in total. The molecule has 6 heteroatoms. The van der Waals surface area contributed by atoms with Crippen molar-refractivity contribution in [2.75, 3.05) is 19.7 Å². The molecule has 0 atom stereocenters. The topological polar surface area (TPSA) is 87.7 Å². The van der Waals surface area contributed by atoms with Crippen LogP contribution in [0.5, 0.6) is 11.5 Å². The van der Waals surface area contributed by atoms with Crippen molar-refractivity contribution in [3.05, 3.63) is 58.7 Å². The number of aromatic hydroxyl groups is 1. The predicted molar refractivity (Wildman–Crippen MR) is 99.6 cm³/mol. The van der Waals surface area contributed by atoms with Crippen molar-refractivity contribution in [3.8, 4) is 11.5 Å². The van der Waals surface area contributed by atoms with Gasteiger partial charge in [0.2, 0.25) is 0 Å². The molecule has 0 radical (unpaired) electrons. The van der Waals surface area contributed by atoms with Crippen molar-refractivity contribution in [2.24, 2.45) is 0 Å². The smallest absolute Gasteiger partial charge is 0.258 e. The lowest BCUT2D eigenvalue weighted by Gasteiger charge is -2.14. The Kier molecular flexibility index (Phi) is 6.60. The van der Waals surface area contributed by atoms with Crippen LogP contribution in [0.1, 0.15) is 27.0 Å². The second-order valence-electron chi connectivity index (χ2n) is 6.07. The lowest BCUT2D eigenvalue weighted by atomic mass is 10.1. The molecule has 0 saturated heterocycles. The van der Waals surface area contributed by atoms with Crippen LogP contribution in [0.4, 0.5) is 0 Å². The van der Waals surface area contributed by atoms with E-state index < -0.39 is 0 Å². The van der Waals surface area contributed by atoms with E-state index in [0.29, 0.717) is 0 Å². The molecule has 0 aliphatic heterocycles. The average Bonchev–Trinajstić information content (AvgIpc) is 2.62. The van der Waals surface area contributed by atoms with Gasteiger partial charge in [-0.1, -0.05) is 24.3 Å². The van der Waals surface area contributed by atoms with Crippen molar-refractivity contribution in [3.63, 3.8) is 0 Å². The summed E-state index contributed by atoms with van der Waals surface area (Å²) < 4.78 is 5.64. The van der Waals surface area contributed by atoms with Crippen molar-refractivity contribution in [2.45, 2.75) is 20.8 Å². The largest absolute Gasteiger partial charge is 0.507 e. The first-order valence-electron chi connectivity index (χ1n) is 8.42. The number of aryl methyl sites for hydroxylation is 2. The van der Waals surface area contributed by atoms with Crippen LogP contribution in [-0.2, 0) is 4.79 Å². The van der Waals surface area contributed by atoms with Gasteiger partial charge in [-0.05, 0) is 49.6 Å². The van der Waals surface area contributed by atoms with Gasteiger partial charge in [-0.3, -0.25) is 9.59 Å². The fraction of sp³-hybridized carbons (Fsp3) is 0.300. The highest BCUT2D eigenvalue weighted by molar-refractivity contribution is 5.96. The summed E-state index contributed by atoms with van der Waals surface area (Å²) in [6.07, 6.45) is 0. The Labute approximate surface area is 153 Å². The molecule has 0 aliphatic carbocycles. The highest BCUT2D eigenvalue weighted by Gasteiger charge is 2.11. The van der Waals surface area contributed by atoms with Crippen molar-refractivity contribution in [1.29, 1.82) is 0 Å². The zero-order chi connectivity index (χ0) is 19.1. The molecule has 3 N–H and O–H groups in total. The van der Waals surface area contributed by atoms with E-state index in [1.807, 2.05) is 32.9 Å². The number of phenolic OH excluding ortho intramolecular Hbond substituents is 1. The van der Waals surface area contributed by atoms with Gasteiger partial charge in [0.15, 0.2) is 6.61 Å². The first kappa shape index (κ1) is 19.3. The molecule has 0 heterocycles. The number of amides is 2. The van der Waals surface area contributed by atoms with Crippen LogP contribution in [0.3, 0.4) is 0 Å². The molecule has 0 saturated carbocycles. The monoisotopic (exact) mass is 356 g/mol. The molecule has 0 bridgehead atoms. The molecular formula is C20H24N2O4. The minimum Gasteiger partial charge on any atom is -0.507 e. The predicted octanol–water partition coefficient (Wildman–Crippen LogP) is 2.24. The average molecular weight is 356 g/mol.